The largest absolute Gasteiger partial charge is 0.466 e. The standard InChI is InChI=1S/C22H31N3O5/c1-16-3-4-18-17(13-16)24-20(27)21(2,30-18)19(26)23-14-22(5-9-28-10-6-22)15-25-7-11-29-12-8-25/h3-4,13H,5-12,14-15H2,1-2H3,(H,23,26)(H,24,27). The van der Waals surface area contributed by atoms with Crippen LogP contribution in [0.1, 0.15) is 25.3 Å². The summed E-state index contributed by atoms with van der Waals surface area (Å²) in [7, 11) is 0. The highest BCUT2D eigenvalue weighted by atomic mass is 16.5. The van der Waals surface area contributed by atoms with Gasteiger partial charge in [-0.05, 0) is 44.4 Å². The van der Waals surface area contributed by atoms with Gasteiger partial charge < -0.3 is 24.8 Å². The summed E-state index contributed by atoms with van der Waals surface area (Å²) in [5.74, 6) is -0.363. The maximum atomic E-state index is 13.1. The molecule has 0 radical (unpaired) electrons. The van der Waals surface area contributed by atoms with Gasteiger partial charge in [0.05, 0.1) is 18.9 Å². The van der Waals surface area contributed by atoms with Crippen molar-refractivity contribution < 1.29 is 23.8 Å². The van der Waals surface area contributed by atoms with Crippen molar-refractivity contribution in [2.24, 2.45) is 5.41 Å². The monoisotopic (exact) mass is 417 g/mol. The number of nitrogens with zero attached hydrogens (tertiary/aromatic N) is 1. The van der Waals surface area contributed by atoms with Crippen molar-refractivity contribution in [3.63, 3.8) is 0 Å². The van der Waals surface area contributed by atoms with Gasteiger partial charge in [0.15, 0.2) is 0 Å². The highest BCUT2D eigenvalue weighted by molar-refractivity contribution is 6.15. The van der Waals surface area contributed by atoms with Crippen LogP contribution in [-0.2, 0) is 19.1 Å². The Bertz CT molecular complexity index is 802. The van der Waals surface area contributed by atoms with Crippen LogP contribution in [0.3, 0.4) is 0 Å². The normalized spacial score (nSPS) is 26.3. The van der Waals surface area contributed by atoms with Gasteiger partial charge in [-0.15, -0.1) is 0 Å². The van der Waals surface area contributed by atoms with Crippen LogP contribution in [0, 0.1) is 12.3 Å². The second-order valence-electron chi connectivity index (χ2n) is 8.77. The number of ether oxygens (including phenoxy) is 3. The van der Waals surface area contributed by atoms with E-state index in [1.807, 2.05) is 19.1 Å². The van der Waals surface area contributed by atoms with Crippen molar-refractivity contribution in [3.05, 3.63) is 23.8 Å². The summed E-state index contributed by atoms with van der Waals surface area (Å²) in [6.45, 7) is 9.47. The second-order valence-corrected chi connectivity index (χ2v) is 8.77. The van der Waals surface area contributed by atoms with Crippen LogP contribution in [0.2, 0.25) is 0 Å². The number of aryl methyl sites for hydroxylation is 1. The first kappa shape index (κ1) is 21.1. The fourth-order valence-corrected chi connectivity index (χ4v) is 4.35. The van der Waals surface area contributed by atoms with Gasteiger partial charge in [-0.25, -0.2) is 0 Å². The summed E-state index contributed by atoms with van der Waals surface area (Å²) < 4.78 is 16.9. The first-order chi connectivity index (χ1) is 14.4. The number of nitrogens with one attached hydrogen (secondary N) is 2. The lowest BCUT2D eigenvalue weighted by atomic mass is 9.79. The maximum Gasteiger partial charge on any atom is 0.278 e. The smallest absolute Gasteiger partial charge is 0.278 e. The third kappa shape index (κ3) is 4.31. The molecular weight excluding hydrogens is 386 g/mol. The minimum absolute atomic E-state index is 0.0816. The van der Waals surface area contributed by atoms with Crippen LogP contribution in [0.4, 0.5) is 5.69 Å². The summed E-state index contributed by atoms with van der Waals surface area (Å²) in [5.41, 5.74) is -0.0798. The molecule has 8 nitrogen and oxygen atoms in total. The fourth-order valence-electron chi connectivity index (χ4n) is 4.35. The van der Waals surface area contributed by atoms with Crippen molar-refractivity contribution in [1.82, 2.24) is 10.2 Å². The summed E-state index contributed by atoms with van der Waals surface area (Å²) in [6.07, 6.45) is 1.74. The number of morpholine rings is 1. The van der Waals surface area contributed by atoms with Crippen molar-refractivity contribution in [3.8, 4) is 5.75 Å². The minimum atomic E-state index is -1.60. The van der Waals surface area contributed by atoms with Crippen LogP contribution < -0.4 is 15.4 Å². The zero-order chi connectivity index (χ0) is 21.2. The predicted molar refractivity (Wildman–Crippen MR) is 112 cm³/mol. The molecular formula is C22H31N3O5. The van der Waals surface area contributed by atoms with Gasteiger partial charge in [0.1, 0.15) is 5.75 Å². The lowest BCUT2D eigenvalue weighted by Gasteiger charge is -2.42. The average molecular weight is 418 g/mol. The summed E-state index contributed by atoms with van der Waals surface area (Å²) in [6, 6.07) is 5.52. The van der Waals surface area contributed by atoms with E-state index < -0.39 is 17.4 Å². The molecule has 0 aliphatic carbocycles. The quantitative estimate of drug-likeness (QED) is 0.703. The van der Waals surface area contributed by atoms with Gasteiger partial charge in [-0.1, -0.05) is 6.07 Å². The van der Waals surface area contributed by atoms with Crippen molar-refractivity contribution >= 4 is 17.5 Å². The molecule has 0 spiro atoms. The van der Waals surface area contributed by atoms with Gasteiger partial charge in [0.25, 0.3) is 17.4 Å². The van der Waals surface area contributed by atoms with E-state index in [0.717, 1.165) is 51.3 Å². The molecule has 1 unspecified atom stereocenters. The van der Waals surface area contributed by atoms with E-state index in [1.165, 1.54) is 6.92 Å². The van der Waals surface area contributed by atoms with Crippen LogP contribution >= 0.6 is 0 Å². The molecule has 164 valence electrons. The molecule has 1 aromatic carbocycles. The van der Waals surface area contributed by atoms with Crippen LogP contribution in [0.25, 0.3) is 0 Å². The lowest BCUT2D eigenvalue weighted by molar-refractivity contribution is -0.147. The number of hydrogen-bond donors (Lipinski definition) is 2. The van der Waals surface area contributed by atoms with E-state index in [0.29, 0.717) is 31.2 Å². The average Bonchev–Trinajstić information content (AvgIpc) is 2.74. The van der Waals surface area contributed by atoms with E-state index >= 15 is 0 Å². The Morgan fingerprint density at radius 2 is 1.87 bits per heavy atom. The molecule has 0 saturated carbocycles. The van der Waals surface area contributed by atoms with Crippen LogP contribution in [-0.4, -0.2) is 74.9 Å². The third-order valence-corrected chi connectivity index (χ3v) is 6.40. The predicted octanol–water partition coefficient (Wildman–Crippen LogP) is 1.33. The number of rotatable bonds is 5. The highest BCUT2D eigenvalue weighted by Crippen LogP contribution is 2.35. The van der Waals surface area contributed by atoms with Gasteiger partial charge >= 0.3 is 0 Å². The van der Waals surface area contributed by atoms with E-state index in [1.54, 1.807) is 6.07 Å². The topological polar surface area (TPSA) is 89.1 Å². The van der Waals surface area contributed by atoms with Crippen LogP contribution in [0.5, 0.6) is 5.75 Å². The van der Waals surface area contributed by atoms with E-state index in [2.05, 4.69) is 15.5 Å². The molecule has 2 saturated heterocycles. The SMILES string of the molecule is Cc1ccc2c(c1)NC(=O)C(C)(C(=O)NCC1(CN3CCOCC3)CCOCC1)O2. The molecule has 3 aliphatic rings. The Balaban J connectivity index is 1.44. The zero-order valence-corrected chi connectivity index (χ0v) is 17.8. The number of hydrogen-bond acceptors (Lipinski definition) is 6. The zero-order valence-electron chi connectivity index (χ0n) is 17.8. The molecule has 8 heteroatoms. The van der Waals surface area contributed by atoms with Gasteiger partial charge in [-0.3, -0.25) is 14.5 Å². The van der Waals surface area contributed by atoms with E-state index in [9.17, 15) is 9.59 Å². The molecule has 3 aliphatic heterocycles. The summed E-state index contributed by atoms with van der Waals surface area (Å²) in [4.78, 5) is 28.3. The molecule has 4 rings (SSSR count). The summed E-state index contributed by atoms with van der Waals surface area (Å²) >= 11 is 0. The minimum Gasteiger partial charge on any atom is -0.466 e. The maximum absolute atomic E-state index is 13.1. The highest BCUT2D eigenvalue weighted by Gasteiger charge is 2.48. The molecule has 2 fully saturated rings. The Labute approximate surface area is 177 Å². The second kappa shape index (κ2) is 8.53. The number of anilines is 1. The molecule has 30 heavy (non-hydrogen) atoms. The Hall–Kier alpha value is -2.16. The Morgan fingerprint density at radius 3 is 2.60 bits per heavy atom. The first-order valence-electron chi connectivity index (χ1n) is 10.7. The summed E-state index contributed by atoms with van der Waals surface area (Å²) in [5, 5.41) is 5.85. The van der Waals surface area contributed by atoms with Gasteiger partial charge in [0, 0.05) is 44.8 Å². The molecule has 2 amide bonds. The number of carbonyl (C=O) groups excluding carboxylic acids is 2. The molecule has 1 aromatic rings. The van der Waals surface area contributed by atoms with Crippen molar-refractivity contribution in [2.45, 2.75) is 32.3 Å². The molecule has 0 bridgehead atoms. The van der Waals surface area contributed by atoms with E-state index in [-0.39, 0.29) is 5.41 Å². The van der Waals surface area contributed by atoms with Crippen LogP contribution in [0.15, 0.2) is 18.2 Å². The molecule has 1 atom stereocenters. The fraction of sp³-hybridized carbons (Fsp3) is 0.636. The third-order valence-electron chi connectivity index (χ3n) is 6.40. The molecule has 0 aromatic heterocycles. The van der Waals surface area contributed by atoms with Crippen molar-refractivity contribution in [2.75, 3.05) is 57.9 Å². The lowest BCUT2D eigenvalue weighted by Crippen LogP contribution is -2.60. The first-order valence-corrected chi connectivity index (χ1v) is 10.7. The number of amides is 2. The molecule has 3 heterocycles. The van der Waals surface area contributed by atoms with Gasteiger partial charge in [-0.2, -0.15) is 0 Å². The number of benzene rings is 1. The van der Waals surface area contributed by atoms with E-state index in [4.69, 9.17) is 14.2 Å². The Kier molecular flexibility index (Phi) is 5.99. The Morgan fingerprint density at radius 1 is 1.17 bits per heavy atom. The number of fused-ring (bicyclic) bond motifs is 1. The number of carbonyl (C=O) groups is 2. The van der Waals surface area contributed by atoms with Crippen molar-refractivity contribution in [1.29, 1.82) is 0 Å². The molecule has 2 N–H and O–H groups in total. The van der Waals surface area contributed by atoms with Gasteiger partial charge in [0.2, 0.25) is 0 Å².